The molecule has 0 saturated carbocycles. The molecule has 1 aromatic carbocycles. The molecule has 1 N–H and O–H groups in total. The second-order valence-electron chi connectivity index (χ2n) is 5.05. The number of rotatable bonds is 4. The van der Waals surface area contributed by atoms with E-state index in [0.717, 1.165) is 31.7 Å². The van der Waals surface area contributed by atoms with Crippen LogP contribution >= 0.6 is 11.6 Å². The van der Waals surface area contributed by atoms with Gasteiger partial charge in [0.2, 0.25) is 5.91 Å². The van der Waals surface area contributed by atoms with E-state index in [1.54, 1.807) is 6.07 Å². The number of likely N-dealkylation sites (N-methyl/N-ethyl adjacent to an activating group) is 1. The molecule has 0 aliphatic carbocycles. The highest BCUT2D eigenvalue weighted by Gasteiger charge is 2.17. The van der Waals surface area contributed by atoms with Crippen molar-refractivity contribution in [3.8, 4) is 0 Å². The van der Waals surface area contributed by atoms with Crippen LogP contribution in [0.25, 0.3) is 0 Å². The van der Waals surface area contributed by atoms with E-state index in [-0.39, 0.29) is 10.9 Å². The van der Waals surface area contributed by atoms with E-state index in [2.05, 4.69) is 5.32 Å². The first kappa shape index (κ1) is 15.2. The summed E-state index contributed by atoms with van der Waals surface area (Å²) in [6, 6.07) is 4.73. The van der Waals surface area contributed by atoms with E-state index in [1.165, 1.54) is 12.1 Å². The lowest BCUT2D eigenvalue weighted by Gasteiger charge is -2.29. The van der Waals surface area contributed by atoms with Crippen molar-refractivity contribution >= 4 is 17.5 Å². The minimum atomic E-state index is -0.425. The van der Waals surface area contributed by atoms with E-state index < -0.39 is 5.82 Å². The number of carbonyl (C=O) groups is 1. The van der Waals surface area contributed by atoms with E-state index in [0.29, 0.717) is 13.1 Å². The number of piperazine rings is 1. The number of amides is 1. The third-order valence-corrected chi connectivity index (χ3v) is 3.62. The predicted molar refractivity (Wildman–Crippen MR) is 77.2 cm³/mol. The summed E-state index contributed by atoms with van der Waals surface area (Å²) in [6.45, 7) is 4.05. The van der Waals surface area contributed by atoms with Crippen LogP contribution in [0.2, 0.25) is 5.02 Å². The minimum Gasteiger partial charge on any atom is -0.339 e. The Morgan fingerprint density at radius 2 is 2.15 bits per heavy atom. The molecule has 4 nitrogen and oxygen atoms in total. The predicted octanol–water partition coefficient (Wildman–Crippen LogP) is 1.34. The molecule has 1 aromatic rings. The first-order chi connectivity index (χ1) is 9.56. The quantitative estimate of drug-likeness (QED) is 0.911. The molecular weight excluding hydrogens is 281 g/mol. The fourth-order valence-corrected chi connectivity index (χ4v) is 2.37. The smallest absolute Gasteiger partial charge is 0.236 e. The Kier molecular flexibility index (Phi) is 5.34. The fraction of sp³-hybridized carbons (Fsp3) is 0.500. The van der Waals surface area contributed by atoms with Crippen LogP contribution in [0.5, 0.6) is 0 Å². The van der Waals surface area contributed by atoms with Crippen molar-refractivity contribution in [2.24, 2.45) is 0 Å². The molecule has 1 aliphatic heterocycles. The SMILES string of the molecule is CN(CC(=O)N1CCNCC1)Cc1ccc(Cl)c(F)c1. The summed E-state index contributed by atoms with van der Waals surface area (Å²) < 4.78 is 13.4. The largest absolute Gasteiger partial charge is 0.339 e. The Morgan fingerprint density at radius 1 is 1.45 bits per heavy atom. The maximum absolute atomic E-state index is 13.4. The van der Waals surface area contributed by atoms with Gasteiger partial charge in [-0.1, -0.05) is 17.7 Å². The maximum atomic E-state index is 13.4. The highest BCUT2D eigenvalue weighted by Crippen LogP contribution is 2.16. The average molecular weight is 300 g/mol. The van der Waals surface area contributed by atoms with Crippen molar-refractivity contribution in [2.75, 3.05) is 39.8 Å². The van der Waals surface area contributed by atoms with Crippen LogP contribution in [0.1, 0.15) is 5.56 Å². The van der Waals surface area contributed by atoms with Crippen LogP contribution in [0.3, 0.4) is 0 Å². The number of nitrogens with zero attached hydrogens (tertiary/aromatic N) is 2. The van der Waals surface area contributed by atoms with Gasteiger partial charge in [0.15, 0.2) is 0 Å². The normalized spacial score (nSPS) is 15.7. The molecule has 0 atom stereocenters. The zero-order valence-electron chi connectivity index (χ0n) is 11.5. The molecule has 20 heavy (non-hydrogen) atoms. The standard InChI is InChI=1S/C14H19ClFN3O/c1-18(9-11-2-3-12(15)13(16)8-11)10-14(20)19-6-4-17-5-7-19/h2-3,8,17H,4-7,9-10H2,1H3. The van der Waals surface area contributed by atoms with Gasteiger partial charge in [-0.3, -0.25) is 9.69 Å². The molecule has 6 heteroatoms. The van der Waals surface area contributed by atoms with Gasteiger partial charge < -0.3 is 10.2 Å². The Hall–Kier alpha value is -1.17. The van der Waals surface area contributed by atoms with Gasteiger partial charge in [-0.15, -0.1) is 0 Å². The summed E-state index contributed by atoms with van der Waals surface area (Å²) in [5, 5.41) is 3.33. The van der Waals surface area contributed by atoms with Gasteiger partial charge >= 0.3 is 0 Å². The summed E-state index contributed by atoms with van der Waals surface area (Å²) in [7, 11) is 1.85. The average Bonchev–Trinajstić information content (AvgIpc) is 2.44. The summed E-state index contributed by atoms with van der Waals surface area (Å²) in [5.41, 5.74) is 0.808. The molecule has 2 rings (SSSR count). The van der Waals surface area contributed by atoms with Gasteiger partial charge in [-0.05, 0) is 24.7 Å². The number of hydrogen-bond acceptors (Lipinski definition) is 3. The van der Waals surface area contributed by atoms with Gasteiger partial charge in [-0.2, -0.15) is 0 Å². The number of halogens is 2. The van der Waals surface area contributed by atoms with Crippen molar-refractivity contribution in [1.29, 1.82) is 0 Å². The van der Waals surface area contributed by atoms with Crippen molar-refractivity contribution in [3.63, 3.8) is 0 Å². The second-order valence-corrected chi connectivity index (χ2v) is 5.46. The van der Waals surface area contributed by atoms with Crippen LogP contribution in [0.15, 0.2) is 18.2 Å². The molecule has 0 radical (unpaired) electrons. The molecule has 1 fully saturated rings. The third kappa shape index (κ3) is 4.16. The van der Waals surface area contributed by atoms with Crippen LogP contribution in [0.4, 0.5) is 4.39 Å². The molecule has 0 aromatic heterocycles. The van der Waals surface area contributed by atoms with Gasteiger partial charge in [0, 0.05) is 32.7 Å². The van der Waals surface area contributed by atoms with Gasteiger partial charge in [0.1, 0.15) is 5.82 Å². The van der Waals surface area contributed by atoms with Crippen LogP contribution in [-0.2, 0) is 11.3 Å². The second kappa shape index (κ2) is 7.02. The number of hydrogen-bond donors (Lipinski definition) is 1. The monoisotopic (exact) mass is 299 g/mol. The lowest BCUT2D eigenvalue weighted by Crippen LogP contribution is -2.49. The molecule has 0 unspecified atom stereocenters. The number of nitrogens with one attached hydrogen (secondary N) is 1. The molecule has 1 saturated heterocycles. The van der Waals surface area contributed by atoms with Crippen molar-refractivity contribution in [2.45, 2.75) is 6.54 Å². The van der Waals surface area contributed by atoms with Crippen LogP contribution in [-0.4, -0.2) is 55.5 Å². The van der Waals surface area contributed by atoms with E-state index in [4.69, 9.17) is 11.6 Å². The van der Waals surface area contributed by atoms with Crippen molar-refractivity contribution in [3.05, 3.63) is 34.6 Å². The molecule has 110 valence electrons. The number of carbonyl (C=O) groups excluding carboxylic acids is 1. The Morgan fingerprint density at radius 3 is 2.80 bits per heavy atom. The minimum absolute atomic E-state index is 0.114. The van der Waals surface area contributed by atoms with Crippen molar-refractivity contribution in [1.82, 2.24) is 15.1 Å². The molecule has 1 heterocycles. The third-order valence-electron chi connectivity index (χ3n) is 3.31. The highest BCUT2D eigenvalue weighted by molar-refractivity contribution is 6.30. The Bertz CT molecular complexity index is 477. The van der Waals surface area contributed by atoms with E-state index >= 15 is 0 Å². The lowest BCUT2D eigenvalue weighted by molar-refractivity contribution is -0.132. The van der Waals surface area contributed by atoms with Gasteiger partial charge in [0.25, 0.3) is 0 Å². The van der Waals surface area contributed by atoms with E-state index in [1.807, 2.05) is 16.8 Å². The molecule has 0 bridgehead atoms. The maximum Gasteiger partial charge on any atom is 0.236 e. The summed E-state index contributed by atoms with van der Waals surface area (Å²) in [6.07, 6.45) is 0. The zero-order valence-corrected chi connectivity index (χ0v) is 12.3. The lowest BCUT2D eigenvalue weighted by atomic mass is 10.2. The summed E-state index contributed by atoms with van der Waals surface area (Å²) >= 11 is 5.65. The molecular formula is C14H19ClFN3O. The molecule has 1 amide bonds. The summed E-state index contributed by atoms with van der Waals surface area (Å²) in [4.78, 5) is 15.8. The van der Waals surface area contributed by atoms with Gasteiger partial charge in [-0.25, -0.2) is 4.39 Å². The fourth-order valence-electron chi connectivity index (χ4n) is 2.25. The number of benzene rings is 1. The topological polar surface area (TPSA) is 35.6 Å². The Labute approximate surface area is 123 Å². The first-order valence-corrected chi connectivity index (χ1v) is 7.05. The van der Waals surface area contributed by atoms with Crippen LogP contribution in [0, 0.1) is 5.82 Å². The first-order valence-electron chi connectivity index (χ1n) is 6.67. The molecule has 1 aliphatic rings. The van der Waals surface area contributed by atoms with Crippen LogP contribution < -0.4 is 5.32 Å². The molecule has 0 spiro atoms. The zero-order chi connectivity index (χ0) is 14.5. The Balaban J connectivity index is 1.86. The van der Waals surface area contributed by atoms with Crippen molar-refractivity contribution < 1.29 is 9.18 Å². The summed E-state index contributed by atoms with van der Waals surface area (Å²) in [5.74, 6) is -0.311. The van der Waals surface area contributed by atoms with Gasteiger partial charge in [0.05, 0.1) is 11.6 Å². The van der Waals surface area contributed by atoms with E-state index in [9.17, 15) is 9.18 Å². The highest BCUT2D eigenvalue weighted by atomic mass is 35.5.